The van der Waals surface area contributed by atoms with E-state index in [2.05, 4.69) is 9.97 Å². The molecule has 0 bridgehead atoms. The highest BCUT2D eigenvalue weighted by Crippen LogP contribution is 2.33. The molecule has 0 N–H and O–H groups in total. The Kier molecular flexibility index (Phi) is 4.66. The zero-order chi connectivity index (χ0) is 14.8. The first-order valence-electron chi connectivity index (χ1n) is 6.16. The molecule has 20 heavy (non-hydrogen) atoms. The fourth-order valence-corrected chi connectivity index (χ4v) is 2.83. The molecule has 9 heteroatoms. The molecule has 0 aliphatic carbocycles. The third-order valence-electron chi connectivity index (χ3n) is 2.96. The van der Waals surface area contributed by atoms with Gasteiger partial charge in [-0.05, 0) is 0 Å². The highest BCUT2D eigenvalue weighted by Gasteiger charge is 2.25. The van der Waals surface area contributed by atoms with Gasteiger partial charge in [-0.25, -0.2) is 13.4 Å². The minimum atomic E-state index is -3.53. The fourth-order valence-electron chi connectivity index (χ4n) is 1.83. The second-order valence-electron chi connectivity index (χ2n) is 4.16. The summed E-state index contributed by atoms with van der Waals surface area (Å²) in [7, 11) is -2.08. The lowest BCUT2D eigenvalue weighted by Gasteiger charge is -2.29. The first-order chi connectivity index (χ1) is 9.49. The van der Waals surface area contributed by atoms with E-state index in [4.69, 9.17) is 21.1 Å². The summed E-state index contributed by atoms with van der Waals surface area (Å²) in [5.41, 5.74) is 0. The monoisotopic (exact) mass is 321 g/mol. The Labute approximate surface area is 122 Å². The number of ether oxygens (including phenoxy) is 2. The van der Waals surface area contributed by atoms with Crippen LogP contribution >= 0.6 is 11.6 Å². The molecule has 1 fully saturated rings. The number of aromatic nitrogens is 2. The van der Waals surface area contributed by atoms with Gasteiger partial charge < -0.3 is 14.4 Å². The van der Waals surface area contributed by atoms with Crippen LogP contribution in [0.1, 0.15) is 6.92 Å². The number of halogens is 1. The highest BCUT2D eigenvalue weighted by atomic mass is 35.5. The third-order valence-corrected chi connectivity index (χ3v) is 4.71. The van der Waals surface area contributed by atoms with Gasteiger partial charge in [-0.2, -0.15) is 4.98 Å². The molecule has 1 aliphatic heterocycles. The van der Waals surface area contributed by atoms with Gasteiger partial charge >= 0.3 is 0 Å². The van der Waals surface area contributed by atoms with Gasteiger partial charge in [0.1, 0.15) is 0 Å². The maximum atomic E-state index is 11.9. The van der Waals surface area contributed by atoms with Gasteiger partial charge in [-0.15, -0.1) is 0 Å². The molecular formula is C11H16ClN3O4S. The van der Waals surface area contributed by atoms with E-state index in [-0.39, 0.29) is 21.8 Å². The molecule has 112 valence electrons. The van der Waals surface area contributed by atoms with Crippen molar-refractivity contribution in [3.8, 4) is 5.75 Å². The van der Waals surface area contributed by atoms with Crippen LogP contribution in [0.25, 0.3) is 0 Å². The van der Waals surface area contributed by atoms with Crippen LogP contribution in [0, 0.1) is 0 Å². The average Bonchev–Trinajstić information content (AvgIpc) is 2.47. The number of methoxy groups -OCH3 is 1. The molecule has 0 amide bonds. The normalized spacial score (nSPS) is 16.2. The van der Waals surface area contributed by atoms with E-state index < -0.39 is 9.84 Å². The lowest BCUT2D eigenvalue weighted by molar-refractivity contribution is 0.122. The molecule has 2 heterocycles. The predicted octanol–water partition coefficient (Wildman–Crippen LogP) is 0.769. The summed E-state index contributed by atoms with van der Waals surface area (Å²) in [6.07, 6.45) is 0. The number of hydrogen-bond donors (Lipinski definition) is 0. The SMILES string of the molecule is CCS(=O)(=O)c1nc(Cl)c(OC)c(N2CCOCC2)n1. The Morgan fingerprint density at radius 2 is 2.00 bits per heavy atom. The Balaban J connectivity index is 2.52. The Bertz CT molecular complexity index is 588. The van der Waals surface area contributed by atoms with E-state index in [1.54, 1.807) is 0 Å². The van der Waals surface area contributed by atoms with Crippen molar-refractivity contribution in [1.82, 2.24) is 9.97 Å². The molecule has 1 aromatic rings. The predicted molar refractivity (Wildman–Crippen MR) is 74.4 cm³/mol. The van der Waals surface area contributed by atoms with Gasteiger partial charge in [-0.3, -0.25) is 0 Å². The summed E-state index contributed by atoms with van der Waals surface area (Å²) in [6, 6.07) is 0. The molecule has 1 aromatic heterocycles. The van der Waals surface area contributed by atoms with E-state index in [0.717, 1.165) is 0 Å². The minimum absolute atomic E-state index is 0.00369. The third kappa shape index (κ3) is 2.97. The molecule has 0 saturated carbocycles. The molecular weight excluding hydrogens is 306 g/mol. The molecule has 0 spiro atoms. The van der Waals surface area contributed by atoms with Gasteiger partial charge in [0.15, 0.2) is 16.7 Å². The lowest BCUT2D eigenvalue weighted by Crippen LogP contribution is -2.37. The maximum Gasteiger partial charge on any atom is 0.250 e. The molecule has 0 unspecified atom stereocenters. The van der Waals surface area contributed by atoms with Gasteiger partial charge in [0.2, 0.25) is 9.84 Å². The van der Waals surface area contributed by atoms with Crippen LogP contribution in [0.5, 0.6) is 5.75 Å². The van der Waals surface area contributed by atoms with Crippen molar-refractivity contribution in [2.75, 3.05) is 44.1 Å². The van der Waals surface area contributed by atoms with Crippen LogP contribution < -0.4 is 9.64 Å². The number of rotatable bonds is 4. The largest absolute Gasteiger partial charge is 0.490 e. The quantitative estimate of drug-likeness (QED) is 0.598. The number of morpholine rings is 1. The number of hydrogen-bond acceptors (Lipinski definition) is 7. The number of anilines is 1. The molecule has 1 saturated heterocycles. The van der Waals surface area contributed by atoms with Gasteiger partial charge in [-0.1, -0.05) is 18.5 Å². The summed E-state index contributed by atoms with van der Waals surface area (Å²) < 4.78 is 34.3. The fraction of sp³-hybridized carbons (Fsp3) is 0.636. The second-order valence-corrected chi connectivity index (χ2v) is 6.69. The molecule has 0 aromatic carbocycles. The summed E-state index contributed by atoms with van der Waals surface area (Å²) in [5.74, 6) is 0.588. The first kappa shape index (κ1) is 15.3. The van der Waals surface area contributed by atoms with Gasteiger partial charge in [0, 0.05) is 13.1 Å². The van der Waals surface area contributed by atoms with E-state index in [0.29, 0.717) is 32.1 Å². The summed E-state index contributed by atoms with van der Waals surface area (Å²) in [6.45, 7) is 3.80. The lowest BCUT2D eigenvalue weighted by atomic mass is 10.4. The highest BCUT2D eigenvalue weighted by molar-refractivity contribution is 7.91. The summed E-state index contributed by atoms with van der Waals surface area (Å²) >= 11 is 6.02. The van der Waals surface area contributed by atoms with Crippen molar-refractivity contribution < 1.29 is 17.9 Å². The number of sulfone groups is 1. The molecule has 2 rings (SSSR count). The summed E-state index contributed by atoms with van der Waals surface area (Å²) in [5, 5.41) is -0.275. The van der Waals surface area contributed by atoms with Crippen LogP contribution in [0.3, 0.4) is 0 Å². The molecule has 1 aliphatic rings. The zero-order valence-electron chi connectivity index (χ0n) is 11.3. The smallest absolute Gasteiger partial charge is 0.250 e. The van der Waals surface area contributed by atoms with Crippen molar-refractivity contribution in [2.24, 2.45) is 0 Å². The van der Waals surface area contributed by atoms with Crippen molar-refractivity contribution in [2.45, 2.75) is 12.1 Å². The maximum absolute atomic E-state index is 11.9. The first-order valence-corrected chi connectivity index (χ1v) is 8.19. The van der Waals surface area contributed by atoms with E-state index in [1.807, 2.05) is 4.90 Å². The molecule has 7 nitrogen and oxygen atoms in total. The topological polar surface area (TPSA) is 81.6 Å². The van der Waals surface area contributed by atoms with Crippen LogP contribution in [-0.4, -0.2) is 57.6 Å². The minimum Gasteiger partial charge on any atom is -0.490 e. The zero-order valence-corrected chi connectivity index (χ0v) is 12.9. The molecule has 0 radical (unpaired) electrons. The van der Waals surface area contributed by atoms with E-state index in [9.17, 15) is 8.42 Å². The Morgan fingerprint density at radius 3 is 2.55 bits per heavy atom. The number of nitrogens with zero attached hydrogens (tertiary/aromatic N) is 3. The van der Waals surface area contributed by atoms with Crippen LogP contribution in [0.15, 0.2) is 5.16 Å². The van der Waals surface area contributed by atoms with Crippen molar-refractivity contribution in [3.63, 3.8) is 0 Å². The van der Waals surface area contributed by atoms with Crippen molar-refractivity contribution >= 4 is 27.3 Å². The van der Waals surface area contributed by atoms with Crippen LogP contribution in [0.4, 0.5) is 5.82 Å². The van der Waals surface area contributed by atoms with Crippen LogP contribution in [-0.2, 0) is 14.6 Å². The van der Waals surface area contributed by atoms with Crippen LogP contribution in [0.2, 0.25) is 5.15 Å². The average molecular weight is 322 g/mol. The Morgan fingerprint density at radius 1 is 1.35 bits per heavy atom. The van der Waals surface area contributed by atoms with Gasteiger partial charge in [0.25, 0.3) is 5.16 Å². The standard InChI is InChI=1S/C11H16ClN3O4S/c1-3-20(16,17)11-13-9(12)8(18-2)10(14-11)15-4-6-19-7-5-15/h3-7H2,1-2H3. The van der Waals surface area contributed by atoms with Crippen molar-refractivity contribution in [3.05, 3.63) is 5.15 Å². The van der Waals surface area contributed by atoms with Crippen molar-refractivity contribution in [1.29, 1.82) is 0 Å². The van der Waals surface area contributed by atoms with E-state index >= 15 is 0 Å². The summed E-state index contributed by atoms with van der Waals surface area (Å²) in [4.78, 5) is 9.84. The molecule has 0 atom stereocenters. The second kappa shape index (κ2) is 6.11. The van der Waals surface area contributed by atoms with E-state index in [1.165, 1.54) is 14.0 Å². The van der Waals surface area contributed by atoms with Gasteiger partial charge in [0.05, 0.1) is 26.1 Å². The Hall–Kier alpha value is -1.12.